The maximum absolute atomic E-state index is 14.5. The molecule has 152 valence electrons. The Balaban J connectivity index is 1.72. The minimum atomic E-state index is -0.581. The predicted octanol–water partition coefficient (Wildman–Crippen LogP) is 5.16. The zero-order chi connectivity index (χ0) is 20.8. The lowest BCUT2D eigenvalue weighted by atomic mass is 9.71. The van der Waals surface area contributed by atoms with Crippen LogP contribution in [0.2, 0.25) is 0 Å². The van der Waals surface area contributed by atoms with E-state index in [1.807, 2.05) is 26.0 Å². The van der Waals surface area contributed by atoms with Gasteiger partial charge in [0, 0.05) is 17.5 Å². The van der Waals surface area contributed by atoms with Crippen molar-refractivity contribution in [2.24, 2.45) is 0 Å². The van der Waals surface area contributed by atoms with E-state index >= 15 is 0 Å². The molecule has 0 amide bonds. The molecule has 0 aliphatic heterocycles. The molecule has 3 aromatic rings. The molecule has 1 aromatic heterocycles. The van der Waals surface area contributed by atoms with Gasteiger partial charge in [0.05, 0.1) is 10.9 Å². The highest BCUT2D eigenvalue weighted by Gasteiger charge is 2.42. The molecular formula is C24H26FNO3. The van der Waals surface area contributed by atoms with E-state index < -0.39 is 11.2 Å². The fourth-order valence-electron chi connectivity index (χ4n) is 4.18. The van der Waals surface area contributed by atoms with E-state index in [2.05, 4.69) is 18.7 Å². The molecule has 2 aromatic carbocycles. The number of carbonyl (C=O) groups excluding carboxylic acids is 1. The largest absolute Gasteiger partial charge is 0.492 e. The van der Waals surface area contributed by atoms with E-state index in [0.717, 1.165) is 30.9 Å². The zero-order valence-electron chi connectivity index (χ0n) is 17.3. The van der Waals surface area contributed by atoms with Crippen molar-refractivity contribution >= 4 is 16.8 Å². The van der Waals surface area contributed by atoms with Crippen LogP contribution in [0.4, 0.5) is 4.39 Å². The van der Waals surface area contributed by atoms with Crippen molar-refractivity contribution in [3.63, 3.8) is 0 Å². The highest BCUT2D eigenvalue weighted by Crippen LogP contribution is 2.46. The Hall–Kier alpha value is -2.66. The van der Waals surface area contributed by atoms with Gasteiger partial charge in [-0.2, -0.15) is 0 Å². The molecule has 5 heteroatoms. The van der Waals surface area contributed by atoms with E-state index in [9.17, 15) is 9.18 Å². The molecule has 4 rings (SSSR count). The Morgan fingerprint density at radius 1 is 1.14 bits per heavy atom. The van der Waals surface area contributed by atoms with Crippen LogP contribution in [0.1, 0.15) is 54.9 Å². The Labute approximate surface area is 170 Å². The van der Waals surface area contributed by atoms with Gasteiger partial charge in [-0.25, -0.2) is 4.39 Å². The fraction of sp³-hybridized carbons (Fsp3) is 0.375. The van der Waals surface area contributed by atoms with Gasteiger partial charge < -0.3 is 14.1 Å². The van der Waals surface area contributed by atoms with Crippen LogP contribution < -0.4 is 4.74 Å². The number of benzene rings is 2. The summed E-state index contributed by atoms with van der Waals surface area (Å²) in [5.74, 6) is 0.599. The second kappa shape index (κ2) is 7.30. The molecule has 4 nitrogen and oxygen atoms in total. The van der Waals surface area contributed by atoms with Crippen molar-refractivity contribution in [2.75, 3.05) is 26.2 Å². The van der Waals surface area contributed by atoms with Gasteiger partial charge >= 0.3 is 0 Å². The van der Waals surface area contributed by atoms with Gasteiger partial charge in [0.2, 0.25) is 0 Å². The number of carbonyl (C=O) groups is 1. The van der Waals surface area contributed by atoms with Crippen molar-refractivity contribution in [1.29, 1.82) is 0 Å². The number of ether oxygens (including phenoxy) is 1. The van der Waals surface area contributed by atoms with Crippen molar-refractivity contribution in [3.8, 4) is 5.75 Å². The predicted molar refractivity (Wildman–Crippen MR) is 111 cm³/mol. The molecule has 0 fully saturated rings. The van der Waals surface area contributed by atoms with Crippen LogP contribution in [0.25, 0.3) is 11.0 Å². The molecular weight excluding hydrogens is 369 g/mol. The van der Waals surface area contributed by atoms with E-state index in [4.69, 9.17) is 9.15 Å². The van der Waals surface area contributed by atoms with Gasteiger partial charge in [-0.05, 0) is 62.8 Å². The van der Waals surface area contributed by atoms with Crippen LogP contribution in [-0.4, -0.2) is 36.9 Å². The summed E-state index contributed by atoms with van der Waals surface area (Å²) in [4.78, 5) is 15.5. The Bertz CT molecular complexity index is 1080. The van der Waals surface area contributed by atoms with Gasteiger partial charge in [-0.15, -0.1) is 0 Å². The molecule has 0 N–H and O–H groups in total. The molecule has 0 spiro atoms. The number of fused-ring (bicyclic) bond motifs is 4. The van der Waals surface area contributed by atoms with E-state index in [1.54, 1.807) is 18.2 Å². The first-order valence-corrected chi connectivity index (χ1v) is 10.1. The normalized spacial score (nSPS) is 14.9. The molecule has 0 saturated carbocycles. The summed E-state index contributed by atoms with van der Waals surface area (Å²) < 4.78 is 26.4. The van der Waals surface area contributed by atoms with Crippen LogP contribution in [0.15, 0.2) is 40.8 Å². The number of furan rings is 1. The third-order valence-electron chi connectivity index (χ3n) is 5.94. The first-order valence-electron chi connectivity index (χ1n) is 10.1. The van der Waals surface area contributed by atoms with E-state index in [-0.39, 0.29) is 11.2 Å². The smallest absolute Gasteiger partial charge is 0.197 e. The van der Waals surface area contributed by atoms with Crippen molar-refractivity contribution in [2.45, 2.75) is 33.1 Å². The van der Waals surface area contributed by atoms with Gasteiger partial charge in [0.15, 0.2) is 5.78 Å². The maximum Gasteiger partial charge on any atom is 0.197 e. The lowest BCUT2D eigenvalue weighted by molar-refractivity contribution is 0.102. The van der Waals surface area contributed by atoms with Gasteiger partial charge in [0.25, 0.3) is 0 Å². The zero-order valence-corrected chi connectivity index (χ0v) is 17.3. The average Bonchev–Trinajstić information content (AvgIpc) is 3.12. The van der Waals surface area contributed by atoms with Crippen LogP contribution in [0.5, 0.6) is 5.75 Å². The second-order valence-corrected chi connectivity index (χ2v) is 7.96. The number of likely N-dealkylation sites (N-methyl/N-ethyl adjacent to an activating group) is 1. The number of hydrogen-bond donors (Lipinski definition) is 0. The summed E-state index contributed by atoms with van der Waals surface area (Å²) in [6.45, 7) is 11.6. The summed E-state index contributed by atoms with van der Waals surface area (Å²) in [6, 6.07) is 10.2. The van der Waals surface area contributed by atoms with Crippen molar-refractivity contribution in [1.82, 2.24) is 4.90 Å². The van der Waals surface area contributed by atoms with Crippen LogP contribution in [-0.2, 0) is 5.41 Å². The summed E-state index contributed by atoms with van der Waals surface area (Å²) in [6.07, 6.45) is 0. The number of hydrogen-bond acceptors (Lipinski definition) is 4. The molecule has 0 radical (unpaired) electrons. The Morgan fingerprint density at radius 3 is 2.62 bits per heavy atom. The maximum atomic E-state index is 14.5. The number of ketones is 1. The molecule has 1 heterocycles. The van der Waals surface area contributed by atoms with E-state index in [1.165, 1.54) is 6.07 Å². The van der Waals surface area contributed by atoms with Gasteiger partial charge in [-0.1, -0.05) is 19.9 Å². The first kappa shape index (κ1) is 19.6. The summed E-state index contributed by atoms with van der Waals surface area (Å²) >= 11 is 0. The van der Waals surface area contributed by atoms with Gasteiger partial charge in [-0.3, -0.25) is 4.79 Å². The topological polar surface area (TPSA) is 42.7 Å². The fourth-order valence-corrected chi connectivity index (χ4v) is 4.18. The molecule has 0 atom stereocenters. The Morgan fingerprint density at radius 2 is 1.90 bits per heavy atom. The number of nitrogens with zero attached hydrogens (tertiary/aromatic N) is 1. The number of halogens is 1. The highest BCUT2D eigenvalue weighted by atomic mass is 19.1. The third kappa shape index (κ3) is 3.14. The standard InChI is InChI=1S/C24H26FNO3/c1-5-26(6-2)12-13-28-15-10-11-16-17(14-15)24(3,4)23-21(22(16)27)20-18(25)8-7-9-19(20)29-23/h7-11,14H,5-6,12-13H2,1-4H3. The second-order valence-electron chi connectivity index (χ2n) is 7.96. The lowest BCUT2D eigenvalue weighted by Gasteiger charge is -2.31. The lowest BCUT2D eigenvalue weighted by Crippen LogP contribution is -2.30. The van der Waals surface area contributed by atoms with Crippen molar-refractivity contribution < 1.29 is 18.3 Å². The first-order chi connectivity index (χ1) is 13.9. The van der Waals surface area contributed by atoms with E-state index in [0.29, 0.717) is 29.1 Å². The third-order valence-corrected chi connectivity index (χ3v) is 5.94. The highest BCUT2D eigenvalue weighted by molar-refractivity contribution is 6.19. The van der Waals surface area contributed by atoms with Gasteiger partial charge in [0.1, 0.15) is 29.5 Å². The van der Waals surface area contributed by atoms with Crippen molar-refractivity contribution in [3.05, 3.63) is 64.7 Å². The van der Waals surface area contributed by atoms with Crippen LogP contribution >= 0.6 is 0 Å². The summed E-state index contributed by atoms with van der Waals surface area (Å²) in [5, 5.41) is 0.269. The molecule has 1 aliphatic carbocycles. The molecule has 0 unspecified atom stereocenters. The monoisotopic (exact) mass is 395 g/mol. The summed E-state index contributed by atoms with van der Waals surface area (Å²) in [5.41, 5.74) is 1.58. The van der Waals surface area contributed by atoms with Crippen LogP contribution in [0.3, 0.4) is 0 Å². The Kier molecular flexibility index (Phi) is 4.95. The molecule has 1 aliphatic rings. The number of rotatable bonds is 6. The molecule has 29 heavy (non-hydrogen) atoms. The molecule has 0 bridgehead atoms. The minimum absolute atomic E-state index is 0.201. The quantitative estimate of drug-likeness (QED) is 0.578. The molecule has 0 saturated heterocycles. The summed E-state index contributed by atoms with van der Waals surface area (Å²) in [7, 11) is 0. The van der Waals surface area contributed by atoms with Crippen LogP contribution in [0, 0.1) is 5.82 Å². The average molecular weight is 395 g/mol. The minimum Gasteiger partial charge on any atom is -0.492 e. The SMILES string of the molecule is CCN(CC)CCOc1ccc2c(c1)C(C)(C)c1oc3cccc(F)c3c1C2=O.